The molecule has 0 N–H and O–H groups in total. The maximum Gasteiger partial charge on any atom is 0.103 e. The number of halogens is 1. The Morgan fingerprint density at radius 3 is 2.87 bits per heavy atom. The zero-order chi connectivity index (χ0) is 11.3. The molecule has 0 aliphatic carbocycles. The van der Waals surface area contributed by atoms with Crippen molar-refractivity contribution < 1.29 is 0 Å². The van der Waals surface area contributed by atoms with Crippen molar-refractivity contribution in [1.29, 1.82) is 5.26 Å². The van der Waals surface area contributed by atoms with E-state index in [1.165, 1.54) is 0 Å². The number of benzene rings is 1. The van der Waals surface area contributed by atoms with Gasteiger partial charge in [-0.3, -0.25) is 0 Å². The van der Waals surface area contributed by atoms with Crippen LogP contribution in [0.25, 0.3) is 0 Å². The Labute approximate surface area is 95.4 Å². The molecule has 1 aromatic carbocycles. The minimum absolute atomic E-state index is 0.498. The van der Waals surface area contributed by atoms with Crippen LogP contribution in [-0.2, 0) is 0 Å². The van der Waals surface area contributed by atoms with E-state index in [1.807, 2.05) is 25.1 Å². The molecule has 78 valence electrons. The Balaban J connectivity index is 3.17. The molecule has 0 aliphatic heterocycles. The van der Waals surface area contributed by atoms with Gasteiger partial charge in [-0.15, -0.1) is 6.58 Å². The highest BCUT2D eigenvalue weighted by molar-refractivity contribution is 6.32. The number of nitrogens with zero attached hydrogens (tertiary/aromatic N) is 2. The molecule has 1 aromatic rings. The lowest BCUT2D eigenvalue weighted by Crippen LogP contribution is -2.23. The Morgan fingerprint density at radius 2 is 2.33 bits per heavy atom. The van der Waals surface area contributed by atoms with E-state index in [9.17, 15) is 0 Å². The minimum atomic E-state index is 0.498. The monoisotopic (exact) mass is 220 g/mol. The first-order valence-corrected chi connectivity index (χ1v) is 5.16. The van der Waals surface area contributed by atoms with Gasteiger partial charge in [0.15, 0.2) is 0 Å². The smallest absolute Gasteiger partial charge is 0.103 e. The van der Waals surface area contributed by atoms with Gasteiger partial charge in [0.05, 0.1) is 16.3 Å². The lowest BCUT2D eigenvalue weighted by atomic mass is 10.1. The molecule has 0 fully saturated rings. The number of anilines is 1. The zero-order valence-electron chi connectivity index (χ0n) is 8.70. The first-order chi connectivity index (χ1) is 7.24. The second-order valence-electron chi connectivity index (χ2n) is 3.07. The summed E-state index contributed by atoms with van der Waals surface area (Å²) in [5.41, 5.74) is 1.40. The predicted molar refractivity (Wildman–Crippen MR) is 64.3 cm³/mol. The molecule has 0 unspecified atom stereocenters. The lowest BCUT2D eigenvalue weighted by molar-refractivity contribution is 0.905. The summed E-state index contributed by atoms with van der Waals surface area (Å²) in [5, 5.41) is 9.52. The summed E-state index contributed by atoms with van der Waals surface area (Å²) in [6.45, 7) is 7.26. The van der Waals surface area contributed by atoms with Crippen LogP contribution in [0.4, 0.5) is 5.69 Å². The zero-order valence-corrected chi connectivity index (χ0v) is 9.46. The average Bonchev–Trinajstić information content (AvgIpc) is 2.25. The van der Waals surface area contributed by atoms with Gasteiger partial charge in [-0.25, -0.2) is 0 Å². The average molecular weight is 221 g/mol. The molecule has 0 heterocycles. The highest BCUT2D eigenvalue weighted by Gasteiger charge is 2.10. The van der Waals surface area contributed by atoms with Gasteiger partial charge < -0.3 is 4.90 Å². The molecule has 0 aromatic heterocycles. The summed E-state index contributed by atoms with van der Waals surface area (Å²) in [6.07, 6.45) is 1.81. The standard InChI is InChI=1S/C12H13ClN2/c1-3-8-15(4-2)12-7-5-6-11(13)10(12)9-14/h3,5-7H,1,4,8H2,2H3. The molecule has 0 aliphatic rings. The van der Waals surface area contributed by atoms with E-state index < -0.39 is 0 Å². The van der Waals surface area contributed by atoms with E-state index >= 15 is 0 Å². The van der Waals surface area contributed by atoms with Gasteiger partial charge in [0.2, 0.25) is 0 Å². The van der Waals surface area contributed by atoms with Crippen molar-refractivity contribution in [3.63, 3.8) is 0 Å². The molecule has 15 heavy (non-hydrogen) atoms. The molecule has 0 spiro atoms. The third kappa shape index (κ3) is 2.51. The highest BCUT2D eigenvalue weighted by Crippen LogP contribution is 2.26. The fraction of sp³-hybridized carbons (Fsp3) is 0.250. The van der Waals surface area contributed by atoms with Crippen LogP contribution in [0.3, 0.4) is 0 Å². The number of hydrogen-bond donors (Lipinski definition) is 0. The molecule has 0 radical (unpaired) electrons. The molecule has 2 nitrogen and oxygen atoms in total. The van der Waals surface area contributed by atoms with Crippen molar-refractivity contribution in [2.75, 3.05) is 18.0 Å². The summed E-state index contributed by atoms with van der Waals surface area (Å²) >= 11 is 5.96. The van der Waals surface area contributed by atoms with Crippen molar-refractivity contribution in [3.05, 3.63) is 41.4 Å². The summed E-state index contributed by atoms with van der Waals surface area (Å²) in [6, 6.07) is 7.61. The quantitative estimate of drug-likeness (QED) is 0.729. The second-order valence-corrected chi connectivity index (χ2v) is 3.48. The molecule has 0 bridgehead atoms. The molecule has 3 heteroatoms. The van der Waals surface area contributed by atoms with Crippen LogP contribution in [0.15, 0.2) is 30.9 Å². The Hall–Kier alpha value is -1.46. The lowest BCUT2D eigenvalue weighted by Gasteiger charge is -2.22. The van der Waals surface area contributed by atoms with Crippen LogP contribution in [0.2, 0.25) is 5.02 Å². The van der Waals surface area contributed by atoms with E-state index in [-0.39, 0.29) is 0 Å². The summed E-state index contributed by atoms with van der Waals surface area (Å²) < 4.78 is 0. The van der Waals surface area contributed by atoms with Gasteiger partial charge in [-0.05, 0) is 19.1 Å². The first-order valence-electron chi connectivity index (χ1n) is 4.79. The predicted octanol–water partition coefficient (Wildman–Crippen LogP) is 3.22. The van der Waals surface area contributed by atoms with E-state index in [0.29, 0.717) is 17.1 Å². The van der Waals surface area contributed by atoms with Gasteiger partial charge in [0, 0.05) is 13.1 Å². The molecular weight excluding hydrogens is 208 g/mol. The van der Waals surface area contributed by atoms with Crippen molar-refractivity contribution in [1.82, 2.24) is 0 Å². The fourth-order valence-corrected chi connectivity index (χ4v) is 1.65. The maximum absolute atomic E-state index is 9.02. The van der Waals surface area contributed by atoms with E-state index in [1.54, 1.807) is 6.07 Å². The normalized spacial score (nSPS) is 9.40. The van der Waals surface area contributed by atoms with E-state index in [4.69, 9.17) is 16.9 Å². The third-order valence-electron chi connectivity index (χ3n) is 2.18. The van der Waals surface area contributed by atoms with Gasteiger partial charge in [0.1, 0.15) is 6.07 Å². The fourth-order valence-electron chi connectivity index (χ4n) is 1.44. The van der Waals surface area contributed by atoms with E-state index in [2.05, 4.69) is 17.5 Å². The van der Waals surface area contributed by atoms with Crippen LogP contribution in [0, 0.1) is 11.3 Å². The van der Waals surface area contributed by atoms with Gasteiger partial charge in [-0.2, -0.15) is 5.26 Å². The summed E-state index contributed by atoms with van der Waals surface area (Å²) in [7, 11) is 0. The van der Waals surface area contributed by atoms with Gasteiger partial charge in [0.25, 0.3) is 0 Å². The number of likely N-dealkylation sites (N-methyl/N-ethyl adjacent to an activating group) is 1. The summed E-state index contributed by atoms with van der Waals surface area (Å²) in [4.78, 5) is 2.05. The van der Waals surface area contributed by atoms with Crippen molar-refractivity contribution in [2.24, 2.45) is 0 Å². The van der Waals surface area contributed by atoms with Crippen LogP contribution in [0.5, 0.6) is 0 Å². The molecule has 0 atom stereocenters. The highest BCUT2D eigenvalue weighted by atomic mass is 35.5. The van der Waals surface area contributed by atoms with Crippen molar-refractivity contribution in [3.8, 4) is 6.07 Å². The van der Waals surface area contributed by atoms with E-state index in [0.717, 1.165) is 12.2 Å². The molecule has 0 saturated carbocycles. The SMILES string of the molecule is C=CCN(CC)c1cccc(Cl)c1C#N. The Morgan fingerprint density at radius 1 is 1.60 bits per heavy atom. The molecule has 0 amide bonds. The number of rotatable bonds is 4. The first kappa shape index (κ1) is 11.6. The van der Waals surface area contributed by atoms with Crippen molar-refractivity contribution >= 4 is 17.3 Å². The largest absolute Gasteiger partial charge is 0.367 e. The number of hydrogen-bond acceptors (Lipinski definition) is 2. The van der Waals surface area contributed by atoms with Crippen LogP contribution in [-0.4, -0.2) is 13.1 Å². The topological polar surface area (TPSA) is 27.0 Å². The van der Waals surface area contributed by atoms with Crippen LogP contribution < -0.4 is 4.90 Å². The second kappa shape index (κ2) is 5.43. The summed E-state index contributed by atoms with van der Waals surface area (Å²) in [5.74, 6) is 0. The van der Waals surface area contributed by atoms with Crippen molar-refractivity contribution in [2.45, 2.75) is 6.92 Å². The van der Waals surface area contributed by atoms with Crippen LogP contribution in [0.1, 0.15) is 12.5 Å². The number of nitriles is 1. The molecular formula is C12H13ClN2. The molecule has 0 saturated heterocycles. The van der Waals surface area contributed by atoms with Gasteiger partial charge in [-0.1, -0.05) is 23.7 Å². The Bertz CT molecular complexity index is 393. The Kier molecular flexibility index (Phi) is 4.20. The van der Waals surface area contributed by atoms with Crippen LogP contribution >= 0.6 is 11.6 Å². The third-order valence-corrected chi connectivity index (χ3v) is 2.49. The molecule has 1 rings (SSSR count). The minimum Gasteiger partial charge on any atom is -0.367 e. The van der Waals surface area contributed by atoms with Gasteiger partial charge >= 0.3 is 0 Å². The maximum atomic E-state index is 9.02.